The molecule has 4 nitrogen and oxygen atoms in total. The lowest BCUT2D eigenvalue weighted by Gasteiger charge is -2.12. The van der Waals surface area contributed by atoms with E-state index in [-0.39, 0.29) is 5.91 Å². The molecule has 22 heavy (non-hydrogen) atoms. The third-order valence-electron chi connectivity index (χ3n) is 4.40. The van der Waals surface area contributed by atoms with Gasteiger partial charge >= 0.3 is 0 Å². The van der Waals surface area contributed by atoms with E-state index in [1.807, 2.05) is 25.1 Å². The molecule has 0 bridgehead atoms. The summed E-state index contributed by atoms with van der Waals surface area (Å²) in [6, 6.07) is 7.51. The lowest BCUT2D eigenvalue weighted by atomic mass is 9.95. The van der Waals surface area contributed by atoms with Gasteiger partial charge in [0.1, 0.15) is 6.04 Å². The van der Waals surface area contributed by atoms with Crippen LogP contribution in [0.4, 0.5) is 0 Å². The molecule has 0 radical (unpaired) electrons. The van der Waals surface area contributed by atoms with Crippen molar-refractivity contribution in [1.29, 1.82) is 5.26 Å². The van der Waals surface area contributed by atoms with Gasteiger partial charge in [-0.25, -0.2) is 0 Å². The van der Waals surface area contributed by atoms with Crippen LogP contribution in [0.1, 0.15) is 54.2 Å². The van der Waals surface area contributed by atoms with Crippen LogP contribution in [0.25, 0.3) is 10.9 Å². The highest BCUT2D eigenvalue weighted by molar-refractivity contribution is 5.99. The number of carbonyl (C=O) groups is 1. The van der Waals surface area contributed by atoms with E-state index >= 15 is 0 Å². The number of aromatic nitrogens is 1. The van der Waals surface area contributed by atoms with Gasteiger partial charge in [0.2, 0.25) is 0 Å². The van der Waals surface area contributed by atoms with Gasteiger partial charge in [0.25, 0.3) is 5.91 Å². The summed E-state index contributed by atoms with van der Waals surface area (Å²) in [7, 11) is 0. The molecule has 2 N–H and O–H groups in total. The molecule has 0 aliphatic heterocycles. The predicted octanol–water partition coefficient (Wildman–Crippen LogP) is 3.47. The number of aromatic amines is 1. The van der Waals surface area contributed by atoms with Crippen molar-refractivity contribution in [3.63, 3.8) is 0 Å². The van der Waals surface area contributed by atoms with Crippen LogP contribution in [-0.4, -0.2) is 16.9 Å². The Morgan fingerprint density at radius 3 is 3.00 bits per heavy atom. The second-order valence-electron chi connectivity index (χ2n) is 5.99. The van der Waals surface area contributed by atoms with Crippen molar-refractivity contribution in [2.75, 3.05) is 0 Å². The van der Waals surface area contributed by atoms with E-state index < -0.39 is 6.04 Å². The largest absolute Gasteiger partial charge is 0.358 e. The molecule has 0 saturated heterocycles. The van der Waals surface area contributed by atoms with Gasteiger partial charge in [-0.15, -0.1) is 0 Å². The summed E-state index contributed by atoms with van der Waals surface area (Å²) in [5.74, 6) is -0.160. The van der Waals surface area contributed by atoms with Crippen molar-refractivity contribution >= 4 is 16.8 Å². The molecule has 2 aromatic rings. The van der Waals surface area contributed by atoms with Gasteiger partial charge in [-0.2, -0.15) is 5.26 Å². The zero-order valence-corrected chi connectivity index (χ0v) is 12.9. The van der Waals surface area contributed by atoms with Crippen molar-refractivity contribution < 1.29 is 4.79 Å². The molecule has 0 fully saturated rings. The van der Waals surface area contributed by atoms with E-state index in [2.05, 4.69) is 16.4 Å². The molecule has 3 rings (SSSR count). The Morgan fingerprint density at radius 2 is 2.23 bits per heavy atom. The molecular formula is C18H21N3O. The van der Waals surface area contributed by atoms with E-state index in [1.54, 1.807) is 0 Å². The minimum Gasteiger partial charge on any atom is -0.358 e. The summed E-state index contributed by atoms with van der Waals surface area (Å²) >= 11 is 0. The van der Waals surface area contributed by atoms with Gasteiger partial charge in [0.05, 0.1) is 6.07 Å². The molecule has 1 aromatic carbocycles. The lowest BCUT2D eigenvalue weighted by molar-refractivity contribution is 0.0944. The molecule has 1 heterocycles. The Kier molecular flexibility index (Phi) is 4.15. The van der Waals surface area contributed by atoms with E-state index in [0.29, 0.717) is 12.0 Å². The van der Waals surface area contributed by atoms with E-state index in [9.17, 15) is 4.79 Å². The maximum atomic E-state index is 12.4. The summed E-state index contributed by atoms with van der Waals surface area (Å²) in [5.41, 5.74) is 4.42. The molecule has 4 heteroatoms. The molecule has 0 spiro atoms. The highest BCUT2D eigenvalue weighted by Crippen LogP contribution is 2.29. The second-order valence-corrected chi connectivity index (χ2v) is 5.99. The highest BCUT2D eigenvalue weighted by Gasteiger charge is 2.18. The van der Waals surface area contributed by atoms with Gasteiger partial charge < -0.3 is 10.3 Å². The van der Waals surface area contributed by atoms with Crippen LogP contribution < -0.4 is 5.32 Å². The zero-order chi connectivity index (χ0) is 15.5. The smallest absolute Gasteiger partial charge is 0.252 e. The average molecular weight is 295 g/mol. The van der Waals surface area contributed by atoms with E-state index in [1.165, 1.54) is 24.1 Å². The fraction of sp³-hybridized carbons (Fsp3) is 0.444. The van der Waals surface area contributed by atoms with Crippen molar-refractivity contribution in [2.24, 2.45) is 0 Å². The third kappa shape index (κ3) is 2.71. The third-order valence-corrected chi connectivity index (χ3v) is 4.40. The summed E-state index contributed by atoms with van der Waals surface area (Å²) < 4.78 is 0. The number of rotatable bonds is 4. The van der Waals surface area contributed by atoms with Crippen LogP contribution in [0.5, 0.6) is 0 Å². The first-order valence-corrected chi connectivity index (χ1v) is 8.07. The number of fused-ring (bicyclic) bond motifs is 3. The summed E-state index contributed by atoms with van der Waals surface area (Å²) in [4.78, 5) is 15.8. The van der Waals surface area contributed by atoms with Crippen molar-refractivity contribution in [1.82, 2.24) is 10.3 Å². The molecular weight excluding hydrogens is 274 g/mol. The van der Waals surface area contributed by atoms with Crippen LogP contribution in [0, 0.1) is 11.3 Å². The number of nitrogens with one attached hydrogen (secondary N) is 2. The minimum absolute atomic E-state index is 0.160. The van der Waals surface area contributed by atoms with E-state index in [0.717, 1.165) is 30.2 Å². The quantitative estimate of drug-likeness (QED) is 0.906. The van der Waals surface area contributed by atoms with Crippen LogP contribution in [-0.2, 0) is 12.8 Å². The first-order valence-electron chi connectivity index (χ1n) is 8.07. The monoisotopic (exact) mass is 295 g/mol. The molecule has 0 saturated carbocycles. The van der Waals surface area contributed by atoms with Gasteiger partial charge in [-0.1, -0.05) is 13.3 Å². The number of carbonyl (C=O) groups excluding carboxylic acids is 1. The average Bonchev–Trinajstić information content (AvgIpc) is 2.92. The van der Waals surface area contributed by atoms with Crippen molar-refractivity contribution in [2.45, 2.75) is 51.5 Å². The summed E-state index contributed by atoms with van der Waals surface area (Å²) in [5, 5.41) is 13.0. The fourth-order valence-electron chi connectivity index (χ4n) is 3.25. The normalized spacial score (nSPS) is 15.1. The molecule has 1 atom stereocenters. The number of aryl methyl sites for hydroxylation is 2. The SMILES string of the molecule is CCC[C@H](C#N)NC(=O)c1ccc2[nH]c3c(c2c1)CCCC3. The molecule has 1 aromatic heterocycles. The second kappa shape index (κ2) is 6.23. The maximum Gasteiger partial charge on any atom is 0.252 e. The van der Waals surface area contributed by atoms with Crippen molar-refractivity contribution in [3.05, 3.63) is 35.0 Å². The number of nitriles is 1. The lowest BCUT2D eigenvalue weighted by Crippen LogP contribution is -2.33. The number of hydrogen-bond donors (Lipinski definition) is 2. The molecule has 0 unspecified atom stereocenters. The van der Waals surface area contributed by atoms with Crippen molar-refractivity contribution in [3.8, 4) is 6.07 Å². The Labute approximate surface area is 130 Å². The zero-order valence-electron chi connectivity index (χ0n) is 12.9. The highest BCUT2D eigenvalue weighted by atomic mass is 16.1. The summed E-state index contributed by atoms with van der Waals surface area (Å²) in [6.45, 7) is 2.01. The number of H-pyrrole nitrogens is 1. The standard InChI is InChI=1S/C18H21N3O/c1-2-5-13(11-19)20-18(22)12-8-9-17-15(10-12)14-6-3-4-7-16(14)21-17/h8-10,13,21H,2-7H2,1H3,(H,20,22)/t13-/m1/s1. The van der Waals surface area contributed by atoms with Crippen LogP contribution in [0.15, 0.2) is 18.2 Å². The molecule has 1 amide bonds. The Morgan fingerprint density at radius 1 is 1.41 bits per heavy atom. The molecule has 1 aliphatic rings. The Bertz CT molecular complexity index is 739. The van der Waals surface area contributed by atoms with Gasteiger partial charge in [0.15, 0.2) is 0 Å². The van der Waals surface area contributed by atoms with Crippen LogP contribution in [0.3, 0.4) is 0 Å². The first-order chi connectivity index (χ1) is 10.7. The fourth-order valence-corrected chi connectivity index (χ4v) is 3.25. The van der Waals surface area contributed by atoms with E-state index in [4.69, 9.17) is 5.26 Å². The Hall–Kier alpha value is -2.28. The number of hydrogen-bond acceptors (Lipinski definition) is 2. The number of amides is 1. The minimum atomic E-state index is -0.409. The van der Waals surface area contributed by atoms with Crippen LogP contribution >= 0.6 is 0 Å². The van der Waals surface area contributed by atoms with Gasteiger partial charge in [-0.3, -0.25) is 4.79 Å². The first kappa shape index (κ1) is 14.6. The molecule has 114 valence electrons. The summed E-state index contributed by atoms with van der Waals surface area (Å²) in [6.07, 6.45) is 6.18. The van der Waals surface area contributed by atoms with Gasteiger partial charge in [0, 0.05) is 22.2 Å². The predicted molar refractivity (Wildman–Crippen MR) is 86.7 cm³/mol. The number of nitrogens with zero attached hydrogens (tertiary/aromatic N) is 1. The number of benzene rings is 1. The van der Waals surface area contributed by atoms with Gasteiger partial charge in [-0.05, 0) is 55.9 Å². The maximum absolute atomic E-state index is 12.4. The van der Waals surface area contributed by atoms with Crippen LogP contribution in [0.2, 0.25) is 0 Å². The Balaban J connectivity index is 1.88. The topological polar surface area (TPSA) is 68.7 Å². The molecule has 1 aliphatic carbocycles.